The lowest BCUT2D eigenvalue weighted by Gasteiger charge is -2.10. The van der Waals surface area contributed by atoms with Crippen LogP contribution >= 0.6 is 24.0 Å². The minimum atomic E-state index is 0. The topological polar surface area (TPSA) is 67.1 Å². The summed E-state index contributed by atoms with van der Waals surface area (Å²) in [6, 6.07) is 5.89. The lowest BCUT2D eigenvalue weighted by atomic mass is 10.2. The van der Waals surface area contributed by atoms with Gasteiger partial charge in [0.15, 0.2) is 11.8 Å². The molecule has 0 saturated heterocycles. The molecule has 7 heteroatoms. The smallest absolute Gasteiger partial charge is 0.191 e. The number of guanidine groups is 1. The number of pyridine rings is 1. The van der Waals surface area contributed by atoms with Gasteiger partial charge < -0.3 is 10.6 Å². The lowest BCUT2D eigenvalue weighted by Crippen LogP contribution is -2.38. The van der Waals surface area contributed by atoms with Crippen molar-refractivity contribution in [1.29, 1.82) is 0 Å². The summed E-state index contributed by atoms with van der Waals surface area (Å²) in [7, 11) is 0. The summed E-state index contributed by atoms with van der Waals surface area (Å²) < 4.78 is 1.75. The summed E-state index contributed by atoms with van der Waals surface area (Å²) in [4.78, 5) is 8.98. The van der Waals surface area contributed by atoms with Crippen molar-refractivity contribution in [2.24, 2.45) is 10.9 Å². The molecule has 23 heavy (non-hydrogen) atoms. The van der Waals surface area contributed by atoms with Gasteiger partial charge in [0.25, 0.3) is 0 Å². The van der Waals surface area contributed by atoms with Crippen LogP contribution in [-0.2, 0) is 6.54 Å². The third-order valence-electron chi connectivity index (χ3n) is 3.57. The Morgan fingerprint density at radius 1 is 1.35 bits per heavy atom. The van der Waals surface area contributed by atoms with E-state index in [1.807, 2.05) is 24.4 Å². The number of halogens is 1. The summed E-state index contributed by atoms with van der Waals surface area (Å²) >= 11 is 0. The molecule has 1 fully saturated rings. The number of aliphatic imine (C=N–C) groups is 1. The molecule has 1 aliphatic carbocycles. The van der Waals surface area contributed by atoms with Crippen LogP contribution in [0.5, 0.6) is 0 Å². The molecule has 0 amide bonds. The van der Waals surface area contributed by atoms with Crippen LogP contribution in [0.15, 0.2) is 41.8 Å². The monoisotopic (exact) mass is 426 g/mol. The Bertz CT molecular complexity index is 621. The van der Waals surface area contributed by atoms with Crippen LogP contribution in [0, 0.1) is 5.92 Å². The average molecular weight is 426 g/mol. The molecule has 3 rings (SSSR count). The first-order valence-corrected chi connectivity index (χ1v) is 7.82. The molecule has 0 radical (unpaired) electrons. The summed E-state index contributed by atoms with van der Waals surface area (Å²) in [5.41, 5.74) is 1.11. The Kier molecular flexibility index (Phi) is 6.82. The van der Waals surface area contributed by atoms with Gasteiger partial charge in [-0.3, -0.25) is 0 Å². The van der Waals surface area contributed by atoms with Crippen LogP contribution in [-0.4, -0.2) is 33.8 Å². The van der Waals surface area contributed by atoms with Gasteiger partial charge in [-0.15, -0.1) is 24.0 Å². The van der Waals surface area contributed by atoms with E-state index < -0.39 is 0 Å². The largest absolute Gasteiger partial charge is 0.357 e. The first-order valence-electron chi connectivity index (χ1n) is 7.82. The van der Waals surface area contributed by atoms with E-state index in [9.17, 15) is 0 Å². The molecule has 1 aliphatic rings. The Morgan fingerprint density at radius 3 is 2.91 bits per heavy atom. The van der Waals surface area contributed by atoms with E-state index in [-0.39, 0.29) is 24.0 Å². The Balaban J connectivity index is 0.00000192. The van der Waals surface area contributed by atoms with Crippen LogP contribution in [0.4, 0.5) is 0 Å². The van der Waals surface area contributed by atoms with Crippen molar-refractivity contribution in [3.05, 3.63) is 42.4 Å². The fourth-order valence-corrected chi connectivity index (χ4v) is 2.16. The van der Waals surface area contributed by atoms with Crippen molar-refractivity contribution < 1.29 is 0 Å². The molecule has 124 valence electrons. The van der Waals surface area contributed by atoms with Crippen molar-refractivity contribution in [3.63, 3.8) is 0 Å². The third-order valence-corrected chi connectivity index (χ3v) is 3.57. The fourth-order valence-electron chi connectivity index (χ4n) is 2.16. The highest BCUT2D eigenvalue weighted by atomic mass is 127. The molecule has 2 aromatic heterocycles. The standard InChI is InChI=1S/C16H22N6.HI/c1-2-17-16(19-11-13-4-5-13)20-12-14-6-8-18-15(10-14)22-9-3-7-21-22;/h3,6-10,13H,2,4-5,11-12H2,1H3,(H2,17,19,20);1H. The highest BCUT2D eigenvalue weighted by Gasteiger charge is 2.20. The Hall–Kier alpha value is -1.64. The maximum absolute atomic E-state index is 4.64. The van der Waals surface area contributed by atoms with Crippen molar-refractivity contribution in [2.75, 3.05) is 13.1 Å². The van der Waals surface area contributed by atoms with Crippen LogP contribution in [0.3, 0.4) is 0 Å². The molecule has 2 N–H and O–H groups in total. The van der Waals surface area contributed by atoms with E-state index in [1.165, 1.54) is 12.8 Å². The van der Waals surface area contributed by atoms with Crippen LogP contribution in [0.1, 0.15) is 25.3 Å². The van der Waals surface area contributed by atoms with E-state index in [0.29, 0.717) is 6.54 Å². The molecule has 2 aromatic rings. The second-order valence-corrected chi connectivity index (χ2v) is 5.49. The number of hydrogen-bond donors (Lipinski definition) is 2. The molecule has 6 nitrogen and oxygen atoms in total. The molecule has 0 bridgehead atoms. The molecule has 1 saturated carbocycles. The molecular formula is C16H23IN6. The number of nitrogens with one attached hydrogen (secondary N) is 2. The minimum Gasteiger partial charge on any atom is -0.357 e. The summed E-state index contributed by atoms with van der Waals surface area (Å²) in [6.45, 7) is 4.58. The van der Waals surface area contributed by atoms with Crippen molar-refractivity contribution in [1.82, 2.24) is 25.4 Å². The summed E-state index contributed by atoms with van der Waals surface area (Å²) in [5, 5.41) is 10.9. The van der Waals surface area contributed by atoms with Gasteiger partial charge in [-0.2, -0.15) is 5.10 Å². The molecule has 0 unspecified atom stereocenters. The predicted molar refractivity (Wildman–Crippen MR) is 102 cm³/mol. The second kappa shape index (κ2) is 8.85. The molecule has 0 atom stereocenters. The zero-order chi connectivity index (χ0) is 15.2. The van der Waals surface area contributed by atoms with Crippen LogP contribution in [0.25, 0.3) is 5.82 Å². The van der Waals surface area contributed by atoms with E-state index in [1.54, 1.807) is 17.1 Å². The van der Waals surface area contributed by atoms with Crippen LogP contribution in [0.2, 0.25) is 0 Å². The number of rotatable bonds is 6. The number of aromatic nitrogens is 3. The fraction of sp³-hybridized carbons (Fsp3) is 0.438. The third kappa shape index (κ3) is 5.49. The lowest BCUT2D eigenvalue weighted by molar-refractivity contribution is 0.739. The zero-order valence-corrected chi connectivity index (χ0v) is 15.6. The van der Waals surface area contributed by atoms with Gasteiger partial charge >= 0.3 is 0 Å². The van der Waals surface area contributed by atoms with Gasteiger partial charge in [0.1, 0.15) is 0 Å². The highest BCUT2D eigenvalue weighted by Crippen LogP contribution is 2.27. The quantitative estimate of drug-likeness (QED) is 0.423. The van der Waals surface area contributed by atoms with E-state index in [2.05, 4.69) is 32.6 Å². The highest BCUT2D eigenvalue weighted by molar-refractivity contribution is 14.0. The molecule has 2 heterocycles. The second-order valence-electron chi connectivity index (χ2n) is 5.49. The Morgan fingerprint density at radius 2 is 2.22 bits per heavy atom. The minimum absolute atomic E-state index is 0. The Labute approximate surface area is 153 Å². The number of nitrogens with zero attached hydrogens (tertiary/aromatic N) is 4. The SMILES string of the molecule is CCNC(=NCc1ccnc(-n2cccn2)c1)NCC1CC1.I. The van der Waals surface area contributed by atoms with Gasteiger partial charge in [-0.25, -0.2) is 14.7 Å². The van der Waals surface area contributed by atoms with Crippen molar-refractivity contribution in [3.8, 4) is 5.82 Å². The van der Waals surface area contributed by atoms with Crippen LogP contribution < -0.4 is 10.6 Å². The molecule has 0 aromatic carbocycles. The van der Waals surface area contributed by atoms with Gasteiger partial charge in [-0.1, -0.05) is 0 Å². The predicted octanol–water partition coefficient (Wildman–Crippen LogP) is 2.35. The van der Waals surface area contributed by atoms with E-state index >= 15 is 0 Å². The van der Waals surface area contributed by atoms with Gasteiger partial charge in [0.2, 0.25) is 0 Å². The van der Waals surface area contributed by atoms with Gasteiger partial charge in [-0.05, 0) is 49.4 Å². The van der Waals surface area contributed by atoms with Gasteiger partial charge in [0, 0.05) is 31.7 Å². The average Bonchev–Trinajstić information content (AvgIpc) is 3.21. The van der Waals surface area contributed by atoms with E-state index in [4.69, 9.17) is 0 Å². The normalized spacial score (nSPS) is 14.2. The zero-order valence-electron chi connectivity index (χ0n) is 13.3. The number of hydrogen-bond acceptors (Lipinski definition) is 3. The molecule has 0 aliphatic heterocycles. The first-order chi connectivity index (χ1) is 10.8. The van der Waals surface area contributed by atoms with Crippen molar-refractivity contribution in [2.45, 2.75) is 26.3 Å². The van der Waals surface area contributed by atoms with Gasteiger partial charge in [0.05, 0.1) is 6.54 Å². The maximum Gasteiger partial charge on any atom is 0.191 e. The molecular weight excluding hydrogens is 403 g/mol. The molecule has 0 spiro atoms. The van der Waals surface area contributed by atoms with E-state index in [0.717, 1.165) is 36.3 Å². The van der Waals surface area contributed by atoms with Crippen molar-refractivity contribution >= 4 is 29.9 Å². The summed E-state index contributed by atoms with van der Waals surface area (Å²) in [5.74, 6) is 2.52. The summed E-state index contributed by atoms with van der Waals surface area (Å²) in [6.07, 6.45) is 8.11. The maximum atomic E-state index is 4.64. The first kappa shape index (κ1) is 17.7.